The smallest absolute Gasteiger partial charge is 0.354 e. The molecule has 5 heteroatoms. The van der Waals surface area contributed by atoms with Crippen molar-refractivity contribution in [1.82, 2.24) is 9.88 Å². The molecule has 0 amide bonds. The highest BCUT2D eigenvalue weighted by Crippen LogP contribution is 2.29. The van der Waals surface area contributed by atoms with Gasteiger partial charge in [0.25, 0.3) is 0 Å². The number of morpholine rings is 1. The molecule has 0 unspecified atom stereocenters. The number of esters is 1. The molecule has 0 spiro atoms. The summed E-state index contributed by atoms with van der Waals surface area (Å²) in [4.78, 5) is 17.0. The van der Waals surface area contributed by atoms with Gasteiger partial charge in [-0.05, 0) is 43.5 Å². The fourth-order valence-electron chi connectivity index (χ4n) is 3.31. The summed E-state index contributed by atoms with van der Waals surface area (Å²) in [5.74, 6) is -0.338. The predicted molar refractivity (Wildman–Crippen MR) is 96.6 cm³/mol. The van der Waals surface area contributed by atoms with Crippen LogP contribution in [0.2, 0.25) is 0 Å². The van der Waals surface area contributed by atoms with Crippen LogP contribution in [0.5, 0.6) is 0 Å². The second-order valence-corrected chi connectivity index (χ2v) is 6.87. The van der Waals surface area contributed by atoms with Gasteiger partial charge in [0, 0.05) is 25.3 Å². The van der Waals surface area contributed by atoms with E-state index in [-0.39, 0.29) is 12.1 Å². The van der Waals surface area contributed by atoms with Gasteiger partial charge in [-0.15, -0.1) is 0 Å². The Morgan fingerprint density at radius 1 is 1.36 bits per heavy atom. The lowest BCUT2D eigenvalue weighted by atomic mass is 9.98. The second kappa shape index (κ2) is 7.42. The molecule has 1 aliphatic rings. The molecule has 1 aromatic carbocycles. The van der Waals surface area contributed by atoms with Gasteiger partial charge in [-0.1, -0.05) is 23.8 Å². The second-order valence-electron chi connectivity index (χ2n) is 6.87. The van der Waals surface area contributed by atoms with E-state index in [9.17, 15) is 4.79 Å². The number of aromatic nitrogens is 1. The molecule has 2 aromatic rings. The molecule has 0 bridgehead atoms. The number of hydrogen-bond donors (Lipinski definition) is 1. The molecule has 134 valence electrons. The van der Waals surface area contributed by atoms with Gasteiger partial charge in [0.2, 0.25) is 0 Å². The molecule has 2 atom stereocenters. The maximum absolute atomic E-state index is 11.6. The minimum atomic E-state index is -0.338. The normalized spacial score (nSPS) is 21.3. The van der Waals surface area contributed by atoms with E-state index in [1.165, 1.54) is 23.8 Å². The van der Waals surface area contributed by atoms with Gasteiger partial charge in [0.15, 0.2) is 0 Å². The summed E-state index contributed by atoms with van der Waals surface area (Å²) >= 11 is 0. The average Bonchev–Trinajstić information content (AvgIpc) is 3.07. The first-order chi connectivity index (χ1) is 12.0. The lowest BCUT2D eigenvalue weighted by Crippen LogP contribution is -2.44. The molecule has 1 aromatic heterocycles. The number of carbonyl (C=O) groups is 1. The van der Waals surface area contributed by atoms with Gasteiger partial charge in [0.05, 0.1) is 19.8 Å². The Hall–Kier alpha value is -2.11. The third kappa shape index (κ3) is 3.94. The Bertz CT molecular complexity index is 753. The zero-order valence-electron chi connectivity index (χ0n) is 15.3. The first-order valence-electron chi connectivity index (χ1n) is 8.66. The molecular formula is C20H26N2O3. The standard InChI is InChI=1S/C20H26N2O3/c1-13-5-6-14(2)17(7-13)19-11-22(15(3)12-25-19)10-16-8-18(21-9-16)20(23)24-4/h5-9,15,19,21H,10-12H2,1-4H3/t15-,19-/m0/s1. The summed E-state index contributed by atoms with van der Waals surface area (Å²) in [6.45, 7) is 8.73. The van der Waals surface area contributed by atoms with Gasteiger partial charge in [0.1, 0.15) is 5.69 Å². The lowest BCUT2D eigenvalue weighted by molar-refractivity contribution is -0.0635. The largest absolute Gasteiger partial charge is 0.464 e. The molecule has 0 saturated carbocycles. The molecule has 5 nitrogen and oxygen atoms in total. The Morgan fingerprint density at radius 2 is 2.16 bits per heavy atom. The van der Waals surface area contributed by atoms with Crippen LogP contribution in [0.25, 0.3) is 0 Å². The first-order valence-corrected chi connectivity index (χ1v) is 8.66. The Morgan fingerprint density at radius 3 is 2.92 bits per heavy atom. The number of hydrogen-bond acceptors (Lipinski definition) is 4. The van der Waals surface area contributed by atoms with E-state index in [1.807, 2.05) is 12.3 Å². The van der Waals surface area contributed by atoms with E-state index in [4.69, 9.17) is 9.47 Å². The predicted octanol–water partition coefficient (Wildman–Crippen LogP) is 3.38. The molecule has 1 N–H and O–H groups in total. The van der Waals surface area contributed by atoms with Crippen LogP contribution in [0.15, 0.2) is 30.5 Å². The fraction of sp³-hybridized carbons (Fsp3) is 0.450. The average molecular weight is 342 g/mol. The zero-order valence-corrected chi connectivity index (χ0v) is 15.3. The number of benzene rings is 1. The number of nitrogens with one attached hydrogen (secondary N) is 1. The van der Waals surface area contributed by atoms with Crippen molar-refractivity contribution < 1.29 is 14.3 Å². The fourth-order valence-corrected chi connectivity index (χ4v) is 3.31. The molecule has 3 rings (SSSR count). The number of H-pyrrole nitrogens is 1. The molecule has 0 aliphatic carbocycles. The van der Waals surface area contributed by atoms with E-state index < -0.39 is 0 Å². The quantitative estimate of drug-likeness (QED) is 0.866. The number of carbonyl (C=O) groups excluding carboxylic acids is 1. The van der Waals surface area contributed by atoms with Crippen molar-refractivity contribution in [3.63, 3.8) is 0 Å². The van der Waals surface area contributed by atoms with E-state index >= 15 is 0 Å². The summed E-state index contributed by atoms with van der Waals surface area (Å²) in [5, 5.41) is 0. The summed E-state index contributed by atoms with van der Waals surface area (Å²) in [7, 11) is 1.39. The first kappa shape index (κ1) is 17.7. The third-order valence-electron chi connectivity index (χ3n) is 4.88. The molecular weight excluding hydrogens is 316 g/mol. The molecule has 1 saturated heterocycles. The zero-order chi connectivity index (χ0) is 18.0. The van der Waals surface area contributed by atoms with Crippen molar-refractivity contribution in [1.29, 1.82) is 0 Å². The number of ether oxygens (including phenoxy) is 2. The Labute approximate surface area is 148 Å². The minimum Gasteiger partial charge on any atom is -0.464 e. The minimum absolute atomic E-state index is 0.0788. The van der Waals surface area contributed by atoms with Crippen LogP contribution in [0.3, 0.4) is 0 Å². The highest BCUT2D eigenvalue weighted by Gasteiger charge is 2.28. The van der Waals surface area contributed by atoms with Gasteiger partial charge in [-0.25, -0.2) is 4.79 Å². The van der Waals surface area contributed by atoms with Crippen LogP contribution in [-0.2, 0) is 16.0 Å². The molecule has 2 heterocycles. The SMILES string of the molecule is COC(=O)c1cc(CN2C[C@@H](c3cc(C)ccc3C)OC[C@@H]2C)c[nH]1. The van der Waals surface area contributed by atoms with Crippen molar-refractivity contribution >= 4 is 5.97 Å². The molecule has 1 fully saturated rings. The number of methoxy groups -OCH3 is 1. The van der Waals surface area contributed by atoms with Gasteiger partial charge < -0.3 is 14.5 Å². The molecule has 25 heavy (non-hydrogen) atoms. The van der Waals surface area contributed by atoms with Crippen LogP contribution in [0, 0.1) is 13.8 Å². The highest BCUT2D eigenvalue weighted by atomic mass is 16.5. The topological polar surface area (TPSA) is 54.6 Å². The van der Waals surface area contributed by atoms with Crippen LogP contribution < -0.4 is 0 Å². The summed E-state index contributed by atoms with van der Waals surface area (Å²) in [6.07, 6.45) is 1.96. The number of rotatable bonds is 4. The van der Waals surface area contributed by atoms with E-state index in [0.29, 0.717) is 18.3 Å². The van der Waals surface area contributed by atoms with E-state index in [2.05, 4.69) is 48.9 Å². The number of aromatic amines is 1. The van der Waals surface area contributed by atoms with Crippen molar-refractivity contribution in [3.8, 4) is 0 Å². The van der Waals surface area contributed by atoms with E-state index in [0.717, 1.165) is 18.7 Å². The van der Waals surface area contributed by atoms with Crippen LogP contribution in [0.1, 0.15) is 45.8 Å². The van der Waals surface area contributed by atoms with Gasteiger partial charge >= 0.3 is 5.97 Å². The molecule has 0 radical (unpaired) electrons. The van der Waals surface area contributed by atoms with Crippen LogP contribution in [-0.4, -0.2) is 42.2 Å². The Kier molecular flexibility index (Phi) is 5.25. The monoisotopic (exact) mass is 342 g/mol. The maximum atomic E-state index is 11.6. The van der Waals surface area contributed by atoms with E-state index in [1.54, 1.807) is 0 Å². The number of aryl methyl sites for hydroxylation is 2. The maximum Gasteiger partial charge on any atom is 0.354 e. The van der Waals surface area contributed by atoms with Crippen molar-refractivity contribution in [2.75, 3.05) is 20.3 Å². The van der Waals surface area contributed by atoms with Crippen molar-refractivity contribution in [3.05, 3.63) is 58.4 Å². The van der Waals surface area contributed by atoms with Gasteiger partial charge in [-0.3, -0.25) is 4.90 Å². The summed E-state index contributed by atoms with van der Waals surface area (Å²) in [5.41, 5.74) is 5.35. The van der Waals surface area contributed by atoms with Crippen molar-refractivity contribution in [2.45, 2.75) is 39.5 Å². The highest BCUT2D eigenvalue weighted by molar-refractivity contribution is 5.87. The summed E-state index contributed by atoms with van der Waals surface area (Å²) < 4.78 is 10.9. The Balaban J connectivity index is 1.73. The number of nitrogens with zero attached hydrogens (tertiary/aromatic N) is 1. The van der Waals surface area contributed by atoms with Crippen molar-refractivity contribution in [2.24, 2.45) is 0 Å². The van der Waals surface area contributed by atoms with Crippen LogP contribution >= 0.6 is 0 Å². The van der Waals surface area contributed by atoms with Crippen LogP contribution in [0.4, 0.5) is 0 Å². The summed E-state index contributed by atoms with van der Waals surface area (Å²) in [6, 6.07) is 8.71. The molecule has 1 aliphatic heterocycles. The lowest BCUT2D eigenvalue weighted by Gasteiger charge is -2.38. The third-order valence-corrected chi connectivity index (χ3v) is 4.88. The van der Waals surface area contributed by atoms with Gasteiger partial charge in [-0.2, -0.15) is 0 Å².